The first-order valence-corrected chi connectivity index (χ1v) is 7.40. The molecule has 0 heterocycles. The van der Waals surface area contributed by atoms with Crippen LogP contribution >= 0.6 is 0 Å². The summed E-state index contributed by atoms with van der Waals surface area (Å²) in [5.74, 6) is 5.48. The van der Waals surface area contributed by atoms with Gasteiger partial charge in [-0.15, -0.1) is 0 Å². The zero-order valence-electron chi connectivity index (χ0n) is 13.6. The lowest BCUT2D eigenvalue weighted by atomic mass is 9.63. The highest BCUT2D eigenvalue weighted by Gasteiger charge is 2.47. The Balaban J connectivity index is 2.47. The summed E-state index contributed by atoms with van der Waals surface area (Å²) in [6.07, 6.45) is 3.12. The molecule has 3 nitrogen and oxygen atoms in total. The smallest absolute Gasteiger partial charge is 0.331 e. The van der Waals surface area contributed by atoms with Gasteiger partial charge in [0.1, 0.15) is 0 Å². The molecule has 3 heteroatoms. The molecule has 1 aromatic carbocycles. The first-order chi connectivity index (χ1) is 10.3. The van der Waals surface area contributed by atoms with E-state index in [9.17, 15) is 9.90 Å². The van der Waals surface area contributed by atoms with Gasteiger partial charge in [-0.2, -0.15) is 0 Å². The van der Waals surface area contributed by atoms with Crippen molar-refractivity contribution in [3.63, 3.8) is 0 Å². The Labute approximate surface area is 132 Å². The number of esters is 1. The van der Waals surface area contributed by atoms with E-state index in [1.54, 1.807) is 6.92 Å². The Bertz CT molecular complexity index is 673. The molecule has 116 valence electrons. The molecule has 2 rings (SSSR count). The summed E-state index contributed by atoms with van der Waals surface area (Å²) in [6.45, 7) is 5.78. The van der Waals surface area contributed by atoms with Gasteiger partial charge in [0, 0.05) is 17.1 Å². The Hall–Kier alpha value is -2.05. The van der Waals surface area contributed by atoms with Crippen LogP contribution < -0.4 is 0 Å². The number of aryl methyl sites for hydroxylation is 1. The van der Waals surface area contributed by atoms with Gasteiger partial charge < -0.3 is 9.84 Å². The number of aliphatic hydroxyl groups is 1. The van der Waals surface area contributed by atoms with Crippen molar-refractivity contribution in [1.29, 1.82) is 0 Å². The average molecular weight is 298 g/mol. The number of rotatable bonds is 1. The topological polar surface area (TPSA) is 46.5 Å². The Morgan fingerprint density at radius 3 is 2.73 bits per heavy atom. The quantitative estimate of drug-likeness (QED) is 0.492. The van der Waals surface area contributed by atoms with Gasteiger partial charge in [-0.05, 0) is 30.9 Å². The lowest BCUT2D eigenvalue weighted by molar-refractivity contribution is -0.134. The third kappa shape index (κ3) is 2.93. The van der Waals surface area contributed by atoms with Crippen molar-refractivity contribution >= 4 is 5.97 Å². The predicted octanol–water partition coefficient (Wildman–Crippen LogP) is 2.97. The van der Waals surface area contributed by atoms with E-state index < -0.39 is 11.6 Å². The van der Waals surface area contributed by atoms with E-state index in [4.69, 9.17) is 0 Å². The van der Waals surface area contributed by atoms with Crippen molar-refractivity contribution in [2.45, 2.75) is 39.2 Å². The van der Waals surface area contributed by atoms with Crippen LogP contribution in [0.25, 0.3) is 0 Å². The van der Waals surface area contributed by atoms with Crippen molar-refractivity contribution in [3.8, 4) is 11.8 Å². The van der Waals surface area contributed by atoms with Crippen LogP contribution in [0.15, 0.2) is 35.9 Å². The number of allylic oxidation sites excluding steroid dienone is 1. The maximum atomic E-state index is 11.3. The van der Waals surface area contributed by atoms with E-state index in [1.807, 2.05) is 38.1 Å². The summed E-state index contributed by atoms with van der Waals surface area (Å²) in [5.41, 5.74) is 0.976. The van der Waals surface area contributed by atoms with Crippen LogP contribution in [0.5, 0.6) is 0 Å². The van der Waals surface area contributed by atoms with Gasteiger partial charge in [0.15, 0.2) is 5.60 Å². The molecule has 1 N–H and O–H groups in total. The van der Waals surface area contributed by atoms with E-state index in [0.29, 0.717) is 5.57 Å². The van der Waals surface area contributed by atoms with Gasteiger partial charge in [0.05, 0.1) is 7.11 Å². The van der Waals surface area contributed by atoms with E-state index in [0.717, 1.165) is 24.0 Å². The van der Waals surface area contributed by atoms with Crippen molar-refractivity contribution in [2.24, 2.45) is 5.41 Å². The second kappa shape index (κ2) is 5.98. The van der Waals surface area contributed by atoms with Gasteiger partial charge in [0.2, 0.25) is 0 Å². The van der Waals surface area contributed by atoms with E-state index in [1.165, 1.54) is 13.2 Å². The number of carbonyl (C=O) groups is 1. The normalized spacial score (nSPS) is 23.0. The number of fused-ring (bicyclic) bond motifs is 1. The van der Waals surface area contributed by atoms with Crippen molar-refractivity contribution in [3.05, 3.63) is 47.0 Å². The van der Waals surface area contributed by atoms with E-state index >= 15 is 0 Å². The summed E-state index contributed by atoms with van der Waals surface area (Å²) in [6, 6.07) is 7.87. The van der Waals surface area contributed by atoms with E-state index in [-0.39, 0.29) is 5.41 Å². The molecule has 1 aliphatic carbocycles. The Morgan fingerprint density at radius 1 is 1.36 bits per heavy atom. The molecule has 0 aliphatic heterocycles. The fourth-order valence-corrected chi connectivity index (χ4v) is 2.78. The molecule has 22 heavy (non-hydrogen) atoms. The zero-order valence-corrected chi connectivity index (χ0v) is 13.6. The molecule has 1 unspecified atom stereocenters. The summed E-state index contributed by atoms with van der Waals surface area (Å²) >= 11 is 0. The number of carbonyl (C=O) groups excluding carboxylic acids is 1. The molecule has 0 saturated heterocycles. The summed E-state index contributed by atoms with van der Waals surface area (Å²) < 4.78 is 4.59. The Morgan fingerprint density at radius 2 is 2.05 bits per heavy atom. The molecule has 0 aromatic heterocycles. The summed E-state index contributed by atoms with van der Waals surface area (Å²) in [7, 11) is 1.33. The highest BCUT2D eigenvalue weighted by molar-refractivity contribution is 5.83. The molecule has 0 bridgehead atoms. The number of benzene rings is 1. The van der Waals surface area contributed by atoms with Crippen molar-refractivity contribution < 1.29 is 14.6 Å². The van der Waals surface area contributed by atoms with Crippen LogP contribution in [-0.2, 0) is 21.6 Å². The standard InChI is InChI=1S/C19H22O3/c1-14(13-17(20)22-4)9-12-19(21)16-8-6-5-7-15(16)10-11-18(19,2)3/h5-8,13,21H,10-11H2,1-4H3/b14-13+. The minimum Gasteiger partial charge on any atom is -0.466 e. The molecule has 0 fully saturated rings. The predicted molar refractivity (Wildman–Crippen MR) is 86.0 cm³/mol. The zero-order chi connectivity index (χ0) is 16.4. The van der Waals surface area contributed by atoms with Crippen LogP contribution in [0.2, 0.25) is 0 Å². The van der Waals surface area contributed by atoms with Crippen LogP contribution in [0.3, 0.4) is 0 Å². The first kappa shape index (κ1) is 16.3. The highest BCUT2D eigenvalue weighted by Crippen LogP contribution is 2.47. The number of hydrogen-bond acceptors (Lipinski definition) is 3. The third-order valence-electron chi connectivity index (χ3n) is 4.38. The second-order valence-electron chi connectivity index (χ2n) is 6.35. The van der Waals surface area contributed by atoms with Gasteiger partial charge in [-0.3, -0.25) is 0 Å². The molecule has 0 amide bonds. The maximum absolute atomic E-state index is 11.3. The summed E-state index contributed by atoms with van der Waals surface area (Å²) in [4.78, 5) is 11.3. The monoisotopic (exact) mass is 298 g/mol. The molecular formula is C19H22O3. The highest BCUT2D eigenvalue weighted by atomic mass is 16.5. The largest absolute Gasteiger partial charge is 0.466 e. The van der Waals surface area contributed by atoms with Crippen LogP contribution in [-0.4, -0.2) is 18.2 Å². The van der Waals surface area contributed by atoms with Crippen LogP contribution in [0.1, 0.15) is 38.3 Å². The van der Waals surface area contributed by atoms with Gasteiger partial charge in [0.25, 0.3) is 0 Å². The number of ether oxygens (including phenoxy) is 1. The average Bonchev–Trinajstić information content (AvgIpc) is 2.49. The SMILES string of the molecule is COC(=O)/C=C(\C)C#CC1(O)c2ccccc2CCC1(C)C. The molecule has 0 saturated carbocycles. The molecular weight excluding hydrogens is 276 g/mol. The second-order valence-corrected chi connectivity index (χ2v) is 6.35. The molecule has 0 spiro atoms. The third-order valence-corrected chi connectivity index (χ3v) is 4.38. The minimum absolute atomic E-state index is 0.361. The van der Waals surface area contributed by atoms with E-state index in [2.05, 4.69) is 16.6 Å². The molecule has 1 atom stereocenters. The van der Waals surface area contributed by atoms with Crippen molar-refractivity contribution in [1.82, 2.24) is 0 Å². The molecule has 0 radical (unpaired) electrons. The van der Waals surface area contributed by atoms with Crippen LogP contribution in [0, 0.1) is 17.3 Å². The number of methoxy groups -OCH3 is 1. The van der Waals surface area contributed by atoms with Gasteiger partial charge >= 0.3 is 5.97 Å². The van der Waals surface area contributed by atoms with Crippen molar-refractivity contribution in [2.75, 3.05) is 7.11 Å². The molecule has 1 aromatic rings. The number of hydrogen-bond donors (Lipinski definition) is 1. The molecule has 1 aliphatic rings. The minimum atomic E-state index is -1.23. The Kier molecular flexibility index (Phi) is 4.44. The fraction of sp³-hybridized carbons (Fsp3) is 0.421. The van der Waals surface area contributed by atoms with Crippen LogP contribution in [0.4, 0.5) is 0 Å². The maximum Gasteiger partial charge on any atom is 0.331 e. The van der Waals surface area contributed by atoms with Gasteiger partial charge in [-0.1, -0.05) is 50.0 Å². The van der Waals surface area contributed by atoms with Gasteiger partial charge in [-0.25, -0.2) is 4.79 Å². The fourth-order valence-electron chi connectivity index (χ4n) is 2.78. The lowest BCUT2D eigenvalue weighted by Gasteiger charge is -2.44. The first-order valence-electron chi connectivity index (χ1n) is 7.40. The summed E-state index contributed by atoms with van der Waals surface area (Å²) in [5, 5.41) is 11.3. The lowest BCUT2D eigenvalue weighted by Crippen LogP contribution is -2.44.